The Kier molecular flexibility index (Phi) is 6.83. The van der Waals surface area contributed by atoms with E-state index in [4.69, 9.17) is 5.11 Å². The molecule has 0 spiro atoms. The molecule has 0 radical (unpaired) electrons. The van der Waals surface area contributed by atoms with Crippen molar-refractivity contribution >= 4 is 17.7 Å². The number of rotatable bonds is 4. The highest BCUT2D eigenvalue weighted by atomic mass is 16.3. The van der Waals surface area contributed by atoms with Crippen molar-refractivity contribution in [3.63, 3.8) is 0 Å². The average Bonchev–Trinajstić information content (AvgIpc) is 2.92. The lowest BCUT2D eigenvalue weighted by atomic mass is 10.2. The zero-order valence-electron chi connectivity index (χ0n) is 13.7. The lowest BCUT2D eigenvalue weighted by Crippen LogP contribution is -2.40. The molecule has 0 bridgehead atoms. The maximum atomic E-state index is 12.4. The highest BCUT2D eigenvalue weighted by molar-refractivity contribution is 5.80. The van der Waals surface area contributed by atoms with Crippen LogP contribution in [-0.2, 0) is 14.4 Å². The van der Waals surface area contributed by atoms with Crippen LogP contribution in [0.25, 0.3) is 0 Å². The second-order valence-electron chi connectivity index (χ2n) is 6.21. The van der Waals surface area contributed by atoms with Gasteiger partial charge in [-0.2, -0.15) is 0 Å². The first-order valence-corrected chi connectivity index (χ1v) is 8.56. The molecular formula is C16H27N3O4. The largest absolute Gasteiger partial charge is 0.387 e. The van der Waals surface area contributed by atoms with Crippen molar-refractivity contribution in [3.8, 4) is 0 Å². The molecule has 3 amide bonds. The van der Waals surface area contributed by atoms with Gasteiger partial charge in [0, 0.05) is 52.1 Å². The van der Waals surface area contributed by atoms with Gasteiger partial charge in [-0.15, -0.1) is 0 Å². The summed E-state index contributed by atoms with van der Waals surface area (Å²) < 4.78 is 0. The number of carbonyl (C=O) groups excluding carboxylic acids is 3. The molecule has 2 rings (SSSR count). The molecular weight excluding hydrogens is 298 g/mol. The number of amides is 3. The Labute approximate surface area is 137 Å². The highest BCUT2D eigenvalue weighted by Crippen LogP contribution is 2.12. The van der Waals surface area contributed by atoms with E-state index in [1.807, 2.05) is 4.90 Å². The van der Waals surface area contributed by atoms with Crippen LogP contribution in [-0.4, -0.2) is 83.4 Å². The smallest absolute Gasteiger partial charge is 0.248 e. The molecule has 0 aliphatic carbocycles. The summed E-state index contributed by atoms with van der Waals surface area (Å²) in [6.07, 6.45) is 4.71. The minimum Gasteiger partial charge on any atom is -0.387 e. The molecule has 2 aliphatic heterocycles. The Bertz CT molecular complexity index is 441. The SMILES string of the molecule is O=C(CO)N1CCCN(C(=O)CCN2CCCCCC2=O)CC1. The number of aliphatic hydroxyl groups is 1. The first-order chi connectivity index (χ1) is 11.1. The fourth-order valence-corrected chi connectivity index (χ4v) is 3.18. The van der Waals surface area contributed by atoms with Gasteiger partial charge in [0.15, 0.2) is 0 Å². The van der Waals surface area contributed by atoms with E-state index in [1.165, 1.54) is 0 Å². The van der Waals surface area contributed by atoms with Crippen LogP contribution in [0.1, 0.15) is 38.5 Å². The first-order valence-electron chi connectivity index (χ1n) is 8.56. The second-order valence-corrected chi connectivity index (χ2v) is 6.21. The van der Waals surface area contributed by atoms with Crippen LogP contribution in [0.2, 0.25) is 0 Å². The summed E-state index contributed by atoms with van der Waals surface area (Å²) in [6.45, 7) is 2.94. The van der Waals surface area contributed by atoms with E-state index in [2.05, 4.69) is 0 Å². The molecule has 1 N–H and O–H groups in total. The zero-order valence-corrected chi connectivity index (χ0v) is 13.7. The van der Waals surface area contributed by atoms with Gasteiger partial charge >= 0.3 is 0 Å². The topological polar surface area (TPSA) is 81.2 Å². The Hall–Kier alpha value is -1.63. The van der Waals surface area contributed by atoms with Gasteiger partial charge in [-0.25, -0.2) is 0 Å². The summed E-state index contributed by atoms with van der Waals surface area (Å²) >= 11 is 0. The summed E-state index contributed by atoms with van der Waals surface area (Å²) in [4.78, 5) is 41.0. The maximum absolute atomic E-state index is 12.4. The quantitative estimate of drug-likeness (QED) is 0.778. The molecule has 0 atom stereocenters. The molecule has 7 nitrogen and oxygen atoms in total. The van der Waals surface area contributed by atoms with Crippen LogP contribution in [0.15, 0.2) is 0 Å². The lowest BCUT2D eigenvalue weighted by molar-refractivity contribution is -0.136. The number of carbonyl (C=O) groups is 3. The van der Waals surface area contributed by atoms with Gasteiger partial charge in [0.1, 0.15) is 6.61 Å². The molecule has 2 heterocycles. The summed E-state index contributed by atoms with van der Waals surface area (Å²) in [7, 11) is 0. The summed E-state index contributed by atoms with van der Waals surface area (Å²) in [6, 6.07) is 0. The average molecular weight is 325 g/mol. The minimum absolute atomic E-state index is 0.0420. The fraction of sp³-hybridized carbons (Fsp3) is 0.812. The molecule has 0 saturated carbocycles. The predicted molar refractivity (Wildman–Crippen MR) is 84.5 cm³/mol. The van der Waals surface area contributed by atoms with E-state index < -0.39 is 6.61 Å². The van der Waals surface area contributed by atoms with Crippen LogP contribution >= 0.6 is 0 Å². The lowest BCUT2D eigenvalue weighted by Gasteiger charge is -2.24. The Balaban J connectivity index is 1.79. The minimum atomic E-state index is -0.481. The van der Waals surface area contributed by atoms with Gasteiger partial charge in [-0.3, -0.25) is 14.4 Å². The highest BCUT2D eigenvalue weighted by Gasteiger charge is 2.23. The third kappa shape index (κ3) is 5.20. The normalized spacial score (nSPS) is 20.2. The van der Waals surface area contributed by atoms with Crippen molar-refractivity contribution in [3.05, 3.63) is 0 Å². The molecule has 2 saturated heterocycles. The van der Waals surface area contributed by atoms with Gasteiger partial charge in [0.2, 0.25) is 17.7 Å². The molecule has 0 aromatic carbocycles. The van der Waals surface area contributed by atoms with Gasteiger partial charge < -0.3 is 19.8 Å². The van der Waals surface area contributed by atoms with Crippen molar-refractivity contribution < 1.29 is 19.5 Å². The van der Waals surface area contributed by atoms with E-state index in [0.717, 1.165) is 32.2 Å². The standard InChI is InChI=1S/C16H27N3O4/c20-13-16(23)19-9-4-8-18(11-12-19)15(22)6-10-17-7-3-1-2-5-14(17)21/h20H,1-13H2. The molecule has 2 aliphatic rings. The summed E-state index contributed by atoms with van der Waals surface area (Å²) in [5.41, 5.74) is 0. The molecule has 130 valence electrons. The molecule has 23 heavy (non-hydrogen) atoms. The number of likely N-dealkylation sites (tertiary alicyclic amines) is 1. The van der Waals surface area contributed by atoms with E-state index in [9.17, 15) is 14.4 Å². The third-order valence-corrected chi connectivity index (χ3v) is 4.60. The van der Waals surface area contributed by atoms with Crippen LogP contribution in [0.5, 0.6) is 0 Å². The van der Waals surface area contributed by atoms with Crippen molar-refractivity contribution in [1.82, 2.24) is 14.7 Å². The number of hydrogen-bond acceptors (Lipinski definition) is 4. The van der Waals surface area contributed by atoms with E-state index in [1.54, 1.807) is 9.80 Å². The molecule has 0 aromatic rings. The number of hydrogen-bond donors (Lipinski definition) is 1. The second kappa shape index (κ2) is 8.86. The van der Waals surface area contributed by atoms with Crippen molar-refractivity contribution in [1.29, 1.82) is 0 Å². The third-order valence-electron chi connectivity index (χ3n) is 4.60. The first kappa shape index (κ1) is 17.7. The van der Waals surface area contributed by atoms with Crippen LogP contribution in [0, 0.1) is 0 Å². The number of nitrogens with zero attached hydrogens (tertiary/aromatic N) is 3. The number of aliphatic hydroxyl groups excluding tert-OH is 1. The summed E-state index contributed by atoms with van der Waals surface area (Å²) in [5.74, 6) is -0.0827. The fourth-order valence-electron chi connectivity index (χ4n) is 3.18. The predicted octanol–water partition coefficient (Wildman–Crippen LogP) is -0.168. The van der Waals surface area contributed by atoms with Gasteiger partial charge in [-0.1, -0.05) is 6.42 Å². The Morgan fingerprint density at radius 1 is 0.870 bits per heavy atom. The van der Waals surface area contributed by atoms with Gasteiger partial charge in [0.05, 0.1) is 0 Å². The Morgan fingerprint density at radius 3 is 2.26 bits per heavy atom. The molecule has 7 heteroatoms. The van der Waals surface area contributed by atoms with Gasteiger partial charge in [-0.05, 0) is 19.3 Å². The van der Waals surface area contributed by atoms with Crippen molar-refractivity contribution in [2.24, 2.45) is 0 Å². The maximum Gasteiger partial charge on any atom is 0.248 e. The van der Waals surface area contributed by atoms with E-state index >= 15 is 0 Å². The van der Waals surface area contributed by atoms with E-state index in [0.29, 0.717) is 45.6 Å². The molecule has 2 fully saturated rings. The van der Waals surface area contributed by atoms with Crippen molar-refractivity contribution in [2.45, 2.75) is 38.5 Å². The summed E-state index contributed by atoms with van der Waals surface area (Å²) in [5, 5.41) is 8.92. The van der Waals surface area contributed by atoms with Crippen LogP contribution in [0.3, 0.4) is 0 Å². The monoisotopic (exact) mass is 325 g/mol. The van der Waals surface area contributed by atoms with Crippen molar-refractivity contribution in [2.75, 3.05) is 45.9 Å². The zero-order chi connectivity index (χ0) is 16.7. The van der Waals surface area contributed by atoms with Gasteiger partial charge in [0.25, 0.3) is 0 Å². The molecule has 0 unspecified atom stereocenters. The van der Waals surface area contributed by atoms with Crippen LogP contribution < -0.4 is 0 Å². The van der Waals surface area contributed by atoms with Crippen LogP contribution in [0.4, 0.5) is 0 Å². The molecule has 0 aromatic heterocycles. The van der Waals surface area contributed by atoms with E-state index in [-0.39, 0.29) is 17.7 Å². The Morgan fingerprint density at radius 2 is 1.57 bits per heavy atom.